The van der Waals surface area contributed by atoms with Crippen molar-refractivity contribution in [2.45, 2.75) is 24.7 Å². The van der Waals surface area contributed by atoms with E-state index in [2.05, 4.69) is 0 Å². The van der Waals surface area contributed by atoms with Crippen molar-refractivity contribution in [3.05, 3.63) is 29.8 Å². The van der Waals surface area contributed by atoms with Gasteiger partial charge in [0.15, 0.2) is 0 Å². The van der Waals surface area contributed by atoms with Crippen LogP contribution in [0.25, 0.3) is 0 Å². The molecule has 3 rings (SSSR count). The number of rotatable bonds is 3. The monoisotopic (exact) mass is 308 g/mol. The Bertz CT molecular complexity index is 627. The molecule has 1 aromatic rings. The average Bonchev–Trinajstić information content (AvgIpc) is 3.32. The maximum absolute atomic E-state index is 12.5. The molecular weight excluding hydrogens is 288 g/mol. The quantitative estimate of drug-likeness (QED) is 0.844. The molecule has 1 saturated carbocycles. The van der Waals surface area contributed by atoms with Crippen LogP contribution in [-0.2, 0) is 14.8 Å². The molecule has 0 spiro atoms. The van der Waals surface area contributed by atoms with E-state index in [1.54, 1.807) is 29.2 Å². The number of nitrogens with zero attached hydrogens (tertiary/aromatic N) is 2. The molecule has 0 N–H and O–H groups in total. The number of carbonyl (C=O) groups excluding carboxylic acids is 1. The maximum Gasteiger partial charge on any atom is 0.243 e. The number of aryl methyl sites for hydroxylation is 1. The summed E-state index contributed by atoms with van der Waals surface area (Å²) in [6.45, 7) is 3.70. The molecule has 0 radical (unpaired) electrons. The summed E-state index contributed by atoms with van der Waals surface area (Å²) in [5, 5.41) is 0. The van der Waals surface area contributed by atoms with Crippen molar-refractivity contribution in [2.24, 2.45) is 5.92 Å². The van der Waals surface area contributed by atoms with E-state index >= 15 is 0 Å². The van der Waals surface area contributed by atoms with Crippen LogP contribution in [0.5, 0.6) is 0 Å². The molecule has 0 atom stereocenters. The number of piperazine rings is 1. The lowest BCUT2D eigenvalue weighted by atomic mass is 10.2. The smallest absolute Gasteiger partial charge is 0.243 e. The van der Waals surface area contributed by atoms with Crippen LogP contribution >= 0.6 is 0 Å². The van der Waals surface area contributed by atoms with Crippen molar-refractivity contribution in [3.63, 3.8) is 0 Å². The van der Waals surface area contributed by atoms with Crippen LogP contribution in [0.1, 0.15) is 18.4 Å². The van der Waals surface area contributed by atoms with Crippen molar-refractivity contribution >= 4 is 15.9 Å². The summed E-state index contributed by atoms with van der Waals surface area (Å²) in [5.74, 6) is 0.396. The van der Waals surface area contributed by atoms with E-state index in [4.69, 9.17) is 0 Å². The Morgan fingerprint density at radius 1 is 1.05 bits per heavy atom. The van der Waals surface area contributed by atoms with E-state index in [1.165, 1.54) is 4.31 Å². The fourth-order valence-electron chi connectivity index (χ4n) is 2.60. The molecule has 2 fully saturated rings. The first kappa shape index (κ1) is 14.5. The zero-order chi connectivity index (χ0) is 15.0. The number of benzene rings is 1. The van der Waals surface area contributed by atoms with Crippen molar-refractivity contribution in [1.29, 1.82) is 0 Å². The molecule has 0 unspecified atom stereocenters. The first-order valence-corrected chi connectivity index (χ1v) is 8.78. The van der Waals surface area contributed by atoms with E-state index in [1.807, 2.05) is 6.92 Å². The molecule has 1 saturated heterocycles. The third-order valence-electron chi connectivity index (χ3n) is 4.14. The summed E-state index contributed by atoms with van der Waals surface area (Å²) in [7, 11) is -3.44. The Kier molecular flexibility index (Phi) is 3.75. The molecule has 1 amide bonds. The molecule has 0 bridgehead atoms. The van der Waals surface area contributed by atoms with E-state index < -0.39 is 10.0 Å². The minimum Gasteiger partial charge on any atom is -0.340 e. The number of hydrogen-bond acceptors (Lipinski definition) is 3. The van der Waals surface area contributed by atoms with E-state index in [0.29, 0.717) is 31.1 Å². The van der Waals surface area contributed by atoms with Gasteiger partial charge >= 0.3 is 0 Å². The summed E-state index contributed by atoms with van der Waals surface area (Å²) in [6, 6.07) is 6.90. The fourth-order valence-corrected chi connectivity index (χ4v) is 4.02. The molecule has 6 heteroatoms. The third-order valence-corrected chi connectivity index (χ3v) is 6.05. The lowest BCUT2D eigenvalue weighted by molar-refractivity contribution is -0.133. The lowest BCUT2D eigenvalue weighted by Gasteiger charge is -2.34. The van der Waals surface area contributed by atoms with E-state index in [9.17, 15) is 13.2 Å². The number of sulfonamides is 1. The average molecular weight is 308 g/mol. The van der Waals surface area contributed by atoms with E-state index in [0.717, 1.165) is 18.4 Å². The topological polar surface area (TPSA) is 57.7 Å². The molecule has 1 aliphatic heterocycles. The van der Waals surface area contributed by atoms with Gasteiger partial charge in [-0.05, 0) is 31.9 Å². The molecule has 2 aliphatic rings. The lowest BCUT2D eigenvalue weighted by Crippen LogP contribution is -2.50. The normalized spacial score (nSPS) is 20.5. The SMILES string of the molecule is Cc1ccc(S(=O)(=O)N2CCN(C(=O)C3CC3)CC2)cc1. The number of hydrogen-bond donors (Lipinski definition) is 0. The van der Waals surface area contributed by atoms with Gasteiger partial charge in [-0.3, -0.25) is 4.79 Å². The van der Waals surface area contributed by atoms with Crippen molar-refractivity contribution in [2.75, 3.05) is 26.2 Å². The van der Waals surface area contributed by atoms with Crippen molar-refractivity contribution in [3.8, 4) is 0 Å². The Morgan fingerprint density at radius 2 is 1.62 bits per heavy atom. The van der Waals surface area contributed by atoms with Gasteiger partial charge in [0.1, 0.15) is 0 Å². The van der Waals surface area contributed by atoms with Crippen LogP contribution in [0, 0.1) is 12.8 Å². The maximum atomic E-state index is 12.5. The molecule has 1 aliphatic carbocycles. The second-order valence-corrected chi connectivity index (χ2v) is 7.75. The molecule has 1 aromatic carbocycles. The highest BCUT2D eigenvalue weighted by Gasteiger charge is 2.36. The summed E-state index contributed by atoms with van der Waals surface area (Å²) in [5.41, 5.74) is 1.04. The largest absolute Gasteiger partial charge is 0.340 e. The van der Waals surface area contributed by atoms with Crippen LogP contribution in [0.2, 0.25) is 0 Å². The predicted octanol–water partition coefficient (Wildman–Crippen LogP) is 1.24. The van der Waals surface area contributed by atoms with Gasteiger partial charge in [0.25, 0.3) is 0 Å². The van der Waals surface area contributed by atoms with Crippen molar-refractivity contribution < 1.29 is 13.2 Å². The molecule has 5 nitrogen and oxygen atoms in total. The van der Waals surface area contributed by atoms with Crippen molar-refractivity contribution in [1.82, 2.24) is 9.21 Å². The van der Waals surface area contributed by atoms with Gasteiger partial charge in [-0.1, -0.05) is 17.7 Å². The van der Waals surface area contributed by atoms with Crippen LogP contribution < -0.4 is 0 Å². The first-order valence-electron chi connectivity index (χ1n) is 7.34. The Balaban J connectivity index is 1.68. The minimum absolute atomic E-state index is 0.197. The van der Waals surface area contributed by atoms with Gasteiger partial charge in [-0.25, -0.2) is 8.42 Å². The predicted molar refractivity (Wildman–Crippen MR) is 79.2 cm³/mol. The molecular formula is C15H20N2O3S. The molecule has 114 valence electrons. The second-order valence-electron chi connectivity index (χ2n) is 5.82. The standard InChI is InChI=1S/C15H20N2O3S/c1-12-2-6-14(7-3-12)21(19,20)17-10-8-16(9-11-17)15(18)13-4-5-13/h2-3,6-7,13H,4-5,8-11H2,1H3. The highest BCUT2D eigenvalue weighted by Crippen LogP contribution is 2.31. The highest BCUT2D eigenvalue weighted by molar-refractivity contribution is 7.89. The highest BCUT2D eigenvalue weighted by atomic mass is 32.2. The third kappa shape index (κ3) is 2.96. The van der Waals surface area contributed by atoms with Gasteiger partial charge in [-0.2, -0.15) is 4.31 Å². The fraction of sp³-hybridized carbons (Fsp3) is 0.533. The first-order chi connectivity index (χ1) is 9.98. The molecule has 0 aromatic heterocycles. The van der Waals surface area contributed by atoms with Gasteiger partial charge in [0.2, 0.25) is 15.9 Å². The molecule has 1 heterocycles. The number of amides is 1. The Hall–Kier alpha value is -1.40. The van der Waals surface area contributed by atoms with Gasteiger partial charge in [0.05, 0.1) is 4.90 Å². The van der Waals surface area contributed by atoms with Gasteiger partial charge < -0.3 is 4.90 Å². The van der Waals surface area contributed by atoms with E-state index in [-0.39, 0.29) is 11.8 Å². The Labute approximate surface area is 125 Å². The van der Waals surface area contributed by atoms with Crippen LogP contribution in [0.15, 0.2) is 29.2 Å². The van der Waals surface area contributed by atoms with Gasteiger partial charge in [0, 0.05) is 32.1 Å². The zero-order valence-corrected chi connectivity index (χ0v) is 13.0. The second kappa shape index (κ2) is 5.42. The van der Waals surface area contributed by atoms with Crippen LogP contribution in [0.4, 0.5) is 0 Å². The zero-order valence-electron chi connectivity index (χ0n) is 12.2. The number of carbonyl (C=O) groups is 1. The summed E-state index contributed by atoms with van der Waals surface area (Å²) < 4.78 is 26.6. The Morgan fingerprint density at radius 3 is 2.14 bits per heavy atom. The molecule has 21 heavy (non-hydrogen) atoms. The van der Waals surface area contributed by atoms with Crippen LogP contribution in [-0.4, -0.2) is 49.7 Å². The summed E-state index contributed by atoms with van der Waals surface area (Å²) >= 11 is 0. The minimum atomic E-state index is -3.44. The summed E-state index contributed by atoms with van der Waals surface area (Å²) in [6.07, 6.45) is 1.97. The van der Waals surface area contributed by atoms with Crippen LogP contribution in [0.3, 0.4) is 0 Å². The summed E-state index contributed by atoms with van der Waals surface area (Å²) in [4.78, 5) is 14.1. The van der Waals surface area contributed by atoms with Gasteiger partial charge in [-0.15, -0.1) is 0 Å².